The molecule has 0 amide bonds. The van der Waals surface area contributed by atoms with E-state index in [4.69, 9.17) is 5.73 Å². The van der Waals surface area contributed by atoms with E-state index in [-0.39, 0.29) is 0 Å². The van der Waals surface area contributed by atoms with Gasteiger partial charge in [0.25, 0.3) is 0 Å². The molecule has 1 heterocycles. The van der Waals surface area contributed by atoms with Crippen molar-refractivity contribution in [3.8, 4) is 10.6 Å². The molecular formula is C12H14N2S. The minimum Gasteiger partial charge on any atom is -0.326 e. The van der Waals surface area contributed by atoms with Crippen molar-refractivity contribution in [2.45, 2.75) is 20.4 Å². The van der Waals surface area contributed by atoms with Crippen LogP contribution in [0.3, 0.4) is 0 Å². The van der Waals surface area contributed by atoms with Crippen LogP contribution in [0, 0.1) is 13.8 Å². The number of thiazole rings is 1. The maximum atomic E-state index is 5.58. The molecule has 78 valence electrons. The van der Waals surface area contributed by atoms with Gasteiger partial charge in [0.05, 0.1) is 0 Å². The maximum Gasteiger partial charge on any atom is 0.123 e. The van der Waals surface area contributed by atoms with E-state index in [9.17, 15) is 0 Å². The van der Waals surface area contributed by atoms with Gasteiger partial charge >= 0.3 is 0 Å². The van der Waals surface area contributed by atoms with Crippen LogP contribution in [0.25, 0.3) is 10.6 Å². The third-order valence-electron chi connectivity index (χ3n) is 2.38. The lowest BCUT2D eigenvalue weighted by Gasteiger charge is -2.02. The number of hydrogen-bond donors (Lipinski definition) is 1. The van der Waals surface area contributed by atoms with Crippen LogP contribution in [0.1, 0.15) is 16.0 Å². The van der Waals surface area contributed by atoms with Crippen molar-refractivity contribution in [3.05, 3.63) is 40.4 Å². The molecule has 0 saturated carbocycles. The zero-order valence-electron chi connectivity index (χ0n) is 8.95. The minimum absolute atomic E-state index is 0.572. The van der Waals surface area contributed by atoms with Gasteiger partial charge in [-0.15, -0.1) is 11.3 Å². The van der Waals surface area contributed by atoms with Gasteiger partial charge in [0, 0.05) is 23.2 Å². The topological polar surface area (TPSA) is 38.9 Å². The van der Waals surface area contributed by atoms with E-state index in [1.165, 1.54) is 16.7 Å². The number of nitrogens with zero attached hydrogens (tertiary/aromatic N) is 1. The molecule has 0 unspecified atom stereocenters. The highest BCUT2D eigenvalue weighted by atomic mass is 32.1. The van der Waals surface area contributed by atoms with Crippen molar-refractivity contribution in [3.63, 3.8) is 0 Å². The summed E-state index contributed by atoms with van der Waals surface area (Å²) in [5, 5.41) is 1.07. The number of rotatable bonds is 2. The molecule has 1 aromatic heterocycles. The molecule has 2 rings (SSSR count). The number of nitrogens with two attached hydrogens (primary N) is 1. The highest BCUT2D eigenvalue weighted by Gasteiger charge is 2.06. The Morgan fingerprint density at radius 3 is 2.80 bits per heavy atom. The fraction of sp³-hybridized carbons (Fsp3) is 0.250. The Hall–Kier alpha value is -1.19. The van der Waals surface area contributed by atoms with E-state index >= 15 is 0 Å². The zero-order chi connectivity index (χ0) is 10.8. The molecular weight excluding hydrogens is 204 g/mol. The minimum atomic E-state index is 0.572. The average Bonchev–Trinajstić information content (AvgIpc) is 2.70. The van der Waals surface area contributed by atoms with E-state index in [0.29, 0.717) is 6.54 Å². The molecule has 0 aliphatic rings. The molecule has 3 heteroatoms. The highest BCUT2D eigenvalue weighted by molar-refractivity contribution is 7.15. The van der Waals surface area contributed by atoms with E-state index in [1.54, 1.807) is 11.3 Å². The van der Waals surface area contributed by atoms with Gasteiger partial charge < -0.3 is 5.73 Å². The third kappa shape index (κ3) is 2.08. The second-order valence-corrected chi connectivity index (χ2v) is 4.77. The Labute approximate surface area is 93.8 Å². The van der Waals surface area contributed by atoms with Crippen molar-refractivity contribution in [2.75, 3.05) is 0 Å². The summed E-state index contributed by atoms with van der Waals surface area (Å²) < 4.78 is 0. The van der Waals surface area contributed by atoms with Gasteiger partial charge in [0.2, 0.25) is 0 Å². The molecule has 0 atom stereocenters. The first-order chi connectivity index (χ1) is 7.20. The first-order valence-electron chi connectivity index (χ1n) is 4.93. The lowest BCUT2D eigenvalue weighted by Crippen LogP contribution is -1.91. The van der Waals surface area contributed by atoms with Gasteiger partial charge in [-0.25, -0.2) is 4.98 Å². The highest BCUT2D eigenvalue weighted by Crippen LogP contribution is 2.28. The van der Waals surface area contributed by atoms with E-state index < -0.39 is 0 Å². The van der Waals surface area contributed by atoms with E-state index in [1.807, 2.05) is 6.20 Å². The van der Waals surface area contributed by atoms with E-state index in [0.717, 1.165) is 9.88 Å². The van der Waals surface area contributed by atoms with Crippen LogP contribution in [0.15, 0.2) is 24.4 Å². The SMILES string of the molecule is Cc1ccc(C)c(-c2ncc(CN)s2)c1. The molecule has 0 radical (unpaired) electrons. The predicted molar refractivity (Wildman–Crippen MR) is 64.9 cm³/mol. The molecule has 15 heavy (non-hydrogen) atoms. The Bertz CT molecular complexity index is 474. The smallest absolute Gasteiger partial charge is 0.123 e. The summed E-state index contributed by atoms with van der Waals surface area (Å²) in [5.41, 5.74) is 9.33. The number of hydrogen-bond acceptors (Lipinski definition) is 3. The summed E-state index contributed by atoms with van der Waals surface area (Å²) >= 11 is 1.67. The van der Waals surface area contributed by atoms with Crippen molar-refractivity contribution >= 4 is 11.3 Å². The molecule has 2 aromatic rings. The monoisotopic (exact) mass is 218 g/mol. The molecule has 0 spiro atoms. The lowest BCUT2D eigenvalue weighted by atomic mass is 10.1. The summed E-state index contributed by atoms with van der Waals surface area (Å²) in [6, 6.07) is 6.43. The van der Waals surface area contributed by atoms with Crippen LogP contribution in [0.5, 0.6) is 0 Å². The van der Waals surface area contributed by atoms with Crippen molar-refractivity contribution in [1.29, 1.82) is 0 Å². The van der Waals surface area contributed by atoms with Crippen LogP contribution in [0.4, 0.5) is 0 Å². The van der Waals surface area contributed by atoms with Gasteiger partial charge in [0.1, 0.15) is 5.01 Å². The summed E-state index contributed by atoms with van der Waals surface area (Å²) in [6.07, 6.45) is 1.86. The van der Waals surface area contributed by atoms with Crippen molar-refractivity contribution in [2.24, 2.45) is 5.73 Å². The van der Waals surface area contributed by atoms with Crippen LogP contribution in [-0.2, 0) is 6.54 Å². The molecule has 2 nitrogen and oxygen atoms in total. The largest absolute Gasteiger partial charge is 0.326 e. The normalized spacial score (nSPS) is 10.6. The first-order valence-corrected chi connectivity index (χ1v) is 5.75. The molecule has 2 N–H and O–H groups in total. The first kappa shape index (κ1) is 10.3. The van der Waals surface area contributed by atoms with Crippen LogP contribution < -0.4 is 5.73 Å². The molecule has 0 saturated heterocycles. The van der Waals surface area contributed by atoms with Gasteiger partial charge in [-0.05, 0) is 25.5 Å². The standard InChI is InChI=1S/C12H14N2S/c1-8-3-4-9(2)11(5-8)12-14-7-10(6-13)15-12/h3-5,7H,6,13H2,1-2H3. The Kier molecular flexibility index (Phi) is 2.84. The summed E-state index contributed by atoms with van der Waals surface area (Å²) in [4.78, 5) is 5.53. The molecule has 0 bridgehead atoms. The zero-order valence-corrected chi connectivity index (χ0v) is 9.77. The van der Waals surface area contributed by atoms with Crippen LogP contribution >= 0.6 is 11.3 Å². The van der Waals surface area contributed by atoms with Crippen LogP contribution in [0.2, 0.25) is 0 Å². The average molecular weight is 218 g/mol. The summed E-state index contributed by atoms with van der Waals surface area (Å²) in [5.74, 6) is 0. The molecule has 0 aliphatic carbocycles. The summed E-state index contributed by atoms with van der Waals surface area (Å²) in [6.45, 7) is 4.78. The Morgan fingerprint density at radius 2 is 2.13 bits per heavy atom. The molecule has 1 aromatic carbocycles. The fourth-order valence-electron chi connectivity index (χ4n) is 1.49. The van der Waals surface area contributed by atoms with Gasteiger partial charge in [-0.2, -0.15) is 0 Å². The lowest BCUT2D eigenvalue weighted by molar-refractivity contribution is 1.10. The van der Waals surface area contributed by atoms with Crippen LogP contribution in [-0.4, -0.2) is 4.98 Å². The summed E-state index contributed by atoms with van der Waals surface area (Å²) in [7, 11) is 0. The maximum absolute atomic E-state index is 5.58. The number of aryl methyl sites for hydroxylation is 2. The van der Waals surface area contributed by atoms with Crippen molar-refractivity contribution in [1.82, 2.24) is 4.98 Å². The number of aromatic nitrogens is 1. The second kappa shape index (κ2) is 4.13. The fourth-order valence-corrected chi connectivity index (χ4v) is 2.37. The second-order valence-electron chi connectivity index (χ2n) is 3.65. The number of benzene rings is 1. The molecule has 0 aliphatic heterocycles. The van der Waals surface area contributed by atoms with Gasteiger partial charge in [0.15, 0.2) is 0 Å². The predicted octanol–water partition coefficient (Wildman–Crippen LogP) is 2.89. The van der Waals surface area contributed by atoms with Crippen molar-refractivity contribution < 1.29 is 0 Å². The van der Waals surface area contributed by atoms with Gasteiger partial charge in [-0.1, -0.05) is 17.7 Å². The van der Waals surface area contributed by atoms with Gasteiger partial charge in [-0.3, -0.25) is 0 Å². The quantitative estimate of drug-likeness (QED) is 0.841. The Balaban J connectivity index is 2.48. The van der Waals surface area contributed by atoms with E-state index in [2.05, 4.69) is 37.0 Å². The molecule has 0 fully saturated rings. The third-order valence-corrected chi connectivity index (χ3v) is 3.43. The Morgan fingerprint density at radius 1 is 1.33 bits per heavy atom.